The molecule has 0 saturated carbocycles. The number of aromatic nitrogens is 1. The lowest BCUT2D eigenvalue weighted by Crippen LogP contribution is -2.19. The van der Waals surface area contributed by atoms with Gasteiger partial charge in [-0.2, -0.15) is 0 Å². The lowest BCUT2D eigenvalue weighted by Gasteiger charge is -2.19. The summed E-state index contributed by atoms with van der Waals surface area (Å²) >= 11 is 1.62. The maximum Gasteiger partial charge on any atom is 0.203 e. The first-order chi connectivity index (χ1) is 15.1. The number of thiazole rings is 1. The van der Waals surface area contributed by atoms with Gasteiger partial charge in [0.1, 0.15) is 5.75 Å². The van der Waals surface area contributed by atoms with E-state index in [0.29, 0.717) is 17.2 Å². The predicted octanol–water partition coefficient (Wildman–Crippen LogP) is 5.84. The van der Waals surface area contributed by atoms with E-state index in [0.717, 1.165) is 40.3 Å². The highest BCUT2D eigenvalue weighted by molar-refractivity contribution is 7.07. The van der Waals surface area contributed by atoms with Gasteiger partial charge in [0.25, 0.3) is 0 Å². The van der Waals surface area contributed by atoms with Crippen LogP contribution in [0.1, 0.15) is 32.7 Å². The topological polar surface area (TPSA) is 54.2 Å². The summed E-state index contributed by atoms with van der Waals surface area (Å²) in [5.74, 6) is 2.66. The largest absolute Gasteiger partial charge is 0.497 e. The fourth-order valence-electron chi connectivity index (χ4n) is 3.58. The highest BCUT2D eigenvalue weighted by Gasteiger charge is 2.19. The van der Waals surface area contributed by atoms with Crippen LogP contribution < -0.4 is 23.7 Å². The highest BCUT2D eigenvalue weighted by atomic mass is 32.1. The molecule has 0 radical (unpaired) electrons. The second-order valence-corrected chi connectivity index (χ2v) is 7.97. The van der Waals surface area contributed by atoms with Gasteiger partial charge in [-0.15, -0.1) is 11.3 Å². The number of ether oxygens (including phenoxy) is 4. The molecule has 0 aliphatic rings. The van der Waals surface area contributed by atoms with Crippen LogP contribution in [0.4, 0.5) is 5.69 Å². The van der Waals surface area contributed by atoms with E-state index in [9.17, 15) is 0 Å². The Bertz CT molecular complexity index is 1040. The highest BCUT2D eigenvalue weighted by Crippen LogP contribution is 2.41. The van der Waals surface area contributed by atoms with Gasteiger partial charge in [0.15, 0.2) is 16.3 Å². The molecule has 2 aromatic carbocycles. The van der Waals surface area contributed by atoms with E-state index in [2.05, 4.69) is 23.8 Å². The van der Waals surface area contributed by atoms with E-state index in [-0.39, 0.29) is 6.04 Å². The Balaban J connectivity index is 2.18. The van der Waals surface area contributed by atoms with Gasteiger partial charge in [0.05, 0.1) is 39.8 Å². The van der Waals surface area contributed by atoms with Gasteiger partial charge < -0.3 is 23.5 Å². The number of hydrogen-bond donors (Lipinski definition) is 0. The second kappa shape index (κ2) is 10.4. The maximum absolute atomic E-state index is 5.57. The lowest BCUT2D eigenvalue weighted by atomic mass is 10.1. The zero-order valence-electron chi connectivity index (χ0n) is 19.0. The Morgan fingerprint density at radius 1 is 0.935 bits per heavy atom. The minimum atomic E-state index is 0.280. The SMILES string of the molecule is CCCC(C)n1c(-c2cc(OC)c(OC)c(OC)c2)csc1=Nc1ccc(OC)cc1. The van der Waals surface area contributed by atoms with Gasteiger partial charge in [0.2, 0.25) is 5.75 Å². The zero-order chi connectivity index (χ0) is 22.4. The number of nitrogens with zero attached hydrogens (tertiary/aromatic N) is 2. The Labute approximate surface area is 187 Å². The first-order valence-electron chi connectivity index (χ1n) is 10.2. The summed E-state index contributed by atoms with van der Waals surface area (Å²) in [5.41, 5.74) is 2.94. The van der Waals surface area contributed by atoms with Crippen LogP contribution in [-0.4, -0.2) is 33.0 Å². The Hall–Kier alpha value is -2.93. The molecule has 1 unspecified atom stereocenters. The molecule has 3 rings (SSSR count). The summed E-state index contributed by atoms with van der Waals surface area (Å²) in [6.45, 7) is 4.42. The first kappa shape index (κ1) is 22.7. The molecule has 0 spiro atoms. The third kappa shape index (κ3) is 4.88. The van der Waals surface area contributed by atoms with Gasteiger partial charge in [-0.3, -0.25) is 0 Å². The zero-order valence-corrected chi connectivity index (χ0v) is 19.8. The monoisotopic (exact) mass is 442 g/mol. The summed E-state index contributed by atoms with van der Waals surface area (Å²) in [7, 11) is 6.54. The Morgan fingerprint density at radius 2 is 1.58 bits per heavy atom. The molecule has 0 bridgehead atoms. The van der Waals surface area contributed by atoms with E-state index >= 15 is 0 Å². The molecular weight excluding hydrogens is 412 g/mol. The molecule has 0 fully saturated rings. The molecule has 0 aliphatic carbocycles. The molecule has 1 heterocycles. The summed E-state index contributed by atoms with van der Waals surface area (Å²) in [4.78, 5) is 5.86. The third-order valence-electron chi connectivity index (χ3n) is 5.15. The normalized spacial score (nSPS) is 12.5. The minimum absolute atomic E-state index is 0.280. The van der Waals surface area contributed by atoms with Crippen LogP contribution in [0.25, 0.3) is 11.3 Å². The van der Waals surface area contributed by atoms with Crippen molar-refractivity contribution in [2.45, 2.75) is 32.7 Å². The fourth-order valence-corrected chi connectivity index (χ4v) is 4.60. The number of benzene rings is 2. The van der Waals surface area contributed by atoms with E-state index in [1.54, 1.807) is 39.8 Å². The number of hydrogen-bond acceptors (Lipinski definition) is 6. The molecule has 0 saturated heterocycles. The summed E-state index contributed by atoms with van der Waals surface area (Å²) in [6.07, 6.45) is 2.13. The van der Waals surface area contributed by atoms with Crippen molar-refractivity contribution in [2.75, 3.05) is 28.4 Å². The van der Waals surface area contributed by atoms with Crippen molar-refractivity contribution in [1.29, 1.82) is 0 Å². The van der Waals surface area contributed by atoms with Crippen LogP contribution in [0, 0.1) is 0 Å². The minimum Gasteiger partial charge on any atom is -0.497 e. The first-order valence-corrected chi connectivity index (χ1v) is 11.1. The van der Waals surface area contributed by atoms with Crippen molar-refractivity contribution in [3.8, 4) is 34.3 Å². The van der Waals surface area contributed by atoms with Crippen LogP contribution in [0.3, 0.4) is 0 Å². The smallest absolute Gasteiger partial charge is 0.203 e. The summed E-state index contributed by atoms with van der Waals surface area (Å²) < 4.78 is 24.2. The second-order valence-electron chi connectivity index (χ2n) is 7.14. The number of rotatable bonds is 9. The molecule has 0 N–H and O–H groups in total. The van der Waals surface area contributed by atoms with E-state index in [1.165, 1.54) is 0 Å². The average molecular weight is 443 g/mol. The summed E-state index contributed by atoms with van der Waals surface area (Å²) in [5, 5.41) is 2.13. The molecule has 166 valence electrons. The standard InChI is InChI=1S/C24H30N2O4S/c1-7-8-16(2)26-20(17-13-21(28-4)23(30-6)22(14-17)29-5)15-31-24(26)25-18-9-11-19(27-3)12-10-18/h9-16H,7-8H2,1-6H3. The van der Waals surface area contributed by atoms with Crippen LogP contribution in [0.5, 0.6) is 23.0 Å². The van der Waals surface area contributed by atoms with Gasteiger partial charge in [-0.1, -0.05) is 13.3 Å². The van der Waals surface area contributed by atoms with E-state index in [1.807, 2.05) is 36.4 Å². The molecule has 0 aliphatic heterocycles. The van der Waals surface area contributed by atoms with Crippen LogP contribution in [-0.2, 0) is 0 Å². The predicted molar refractivity (Wildman–Crippen MR) is 125 cm³/mol. The Kier molecular flexibility index (Phi) is 7.63. The van der Waals surface area contributed by atoms with Crippen LogP contribution >= 0.6 is 11.3 Å². The molecule has 1 aromatic heterocycles. The molecule has 1 atom stereocenters. The fraction of sp³-hybridized carbons (Fsp3) is 0.375. The van der Waals surface area contributed by atoms with Gasteiger partial charge >= 0.3 is 0 Å². The number of methoxy groups -OCH3 is 4. The van der Waals surface area contributed by atoms with Crippen molar-refractivity contribution in [2.24, 2.45) is 4.99 Å². The molecule has 6 nitrogen and oxygen atoms in total. The van der Waals surface area contributed by atoms with Crippen molar-refractivity contribution >= 4 is 17.0 Å². The van der Waals surface area contributed by atoms with E-state index in [4.69, 9.17) is 23.9 Å². The maximum atomic E-state index is 5.57. The lowest BCUT2D eigenvalue weighted by molar-refractivity contribution is 0.324. The van der Waals surface area contributed by atoms with E-state index < -0.39 is 0 Å². The van der Waals surface area contributed by atoms with Crippen molar-refractivity contribution in [3.63, 3.8) is 0 Å². The molecule has 7 heteroatoms. The Morgan fingerprint density at radius 3 is 2.10 bits per heavy atom. The summed E-state index contributed by atoms with van der Waals surface area (Å²) in [6, 6.07) is 12.0. The van der Waals surface area contributed by atoms with Crippen molar-refractivity contribution in [3.05, 3.63) is 46.6 Å². The van der Waals surface area contributed by atoms with Crippen LogP contribution in [0.2, 0.25) is 0 Å². The van der Waals surface area contributed by atoms with Gasteiger partial charge in [-0.05, 0) is 49.7 Å². The molecule has 31 heavy (non-hydrogen) atoms. The van der Waals surface area contributed by atoms with Crippen molar-refractivity contribution < 1.29 is 18.9 Å². The molecular formula is C24H30N2O4S. The quantitative estimate of drug-likeness (QED) is 0.417. The average Bonchev–Trinajstić information content (AvgIpc) is 3.22. The molecule has 0 amide bonds. The van der Waals surface area contributed by atoms with Gasteiger partial charge in [0, 0.05) is 17.0 Å². The van der Waals surface area contributed by atoms with Gasteiger partial charge in [-0.25, -0.2) is 4.99 Å². The van der Waals surface area contributed by atoms with Crippen molar-refractivity contribution in [1.82, 2.24) is 4.57 Å². The van der Waals surface area contributed by atoms with Crippen LogP contribution in [0.15, 0.2) is 46.8 Å². The third-order valence-corrected chi connectivity index (χ3v) is 5.99. The molecule has 3 aromatic rings.